The van der Waals surface area contributed by atoms with Crippen molar-refractivity contribution in [3.63, 3.8) is 0 Å². The van der Waals surface area contributed by atoms with E-state index in [1.807, 2.05) is 12.1 Å². The van der Waals surface area contributed by atoms with E-state index in [1.54, 1.807) is 14.0 Å². The summed E-state index contributed by atoms with van der Waals surface area (Å²) in [5.74, 6) is 0. The maximum Gasteiger partial charge on any atom is 0.0901 e. The van der Waals surface area contributed by atoms with Gasteiger partial charge in [0, 0.05) is 20.1 Å². The highest BCUT2D eigenvalue weighted by molar-refractivity contribution is 5.34. The lowest BCUT2D eigenvalue weighted by Gasteiger charge is -2.43. The van der Waals surface area contributed by atoms with Crippen LogP contribution in [0.2, 0.25) is 0 Å². The fourth-order valence-electron chi connectivity index (χ4n) is 2.95. The second-order valence-electron chi connectivity index (χ2n) is 5.66. The van der Waals surface area contributed by atoms with E-state index in [0.717, 1.165) is 6.42 Å². The van der Waals surface area contributed by atoms with Crippen LogP contribution in [0.4, 0.5) is 0 Å². The third-order valence-corrected chi connectivity index (χ3v) is 4.47. The molecule has 1 aromatic carbocycles. The van der Waals surface area contributed by atoms with Crippen LogP contribution >= 0.6 is 0 Å². The minimum atomic E-state index is -1.02. The molecule has 2 atom stereocenters. The fraction of sp³-hybridized carbons (Fsp3) is 0.562. The number of rotatable bonds is 4. The van der Waals surface area contributed by atoms with Crippen LogP contribution in [-0.2, 0) is 17.6 Å². The summed E-state index contributed by atoms with van der Waals surface area (Å²) < 4.78 is 5.06. The van der Waals surface area contributed by atoms with Crippen molar-refractivity contribution in [1.82, 2.24) is 0 Å². The number of ether oxygens (including phenoxy) is 1. The predicted molar refractivity (Wildman–Crippen MR) is 73.6 cm³/mol. The lowest BCUT2D eigenvalue weighted by Crippen LogP contribution is -2.49. The molecule has 0 saturated heterocycles. The van der Waals surface area contributed by atoms with E-state index >= 15 is 0 Å². The Morgan fingerprint density at radius 2 is 2.11 bits per heavy atom. The average Bonchev–Trinajstić information content (AvgIpc) is 2.44. The van der Waals surface area contributed by atoms with Gasteiger partial charge in [0.15, 0.2) is 0 Å². The molecule has 1 aliphatic carbocycles. The van der Waals surface area contributed by atoms with E-state index in [2.05, 4.69) is 18.2 Å². The van der Waals surface area contributed by atoms with E-state index in [-0.39, 0.29) is 0 Å². The van der Waals surface area contributed by atoms with Gasteiger partial charge in [0.05, 0.1) is 17.1 Å². The van der Waals surface area contributed by atoms with Crippen molar-refractivity contribution >= 4 is 0 Å². The third-order valence-electron chi connectivity index (χ3n) is 4.47. The summed E-state index contributed by atoms with van der Waals surface area (Å²) in [6.07, 6.45) is 2.67. The summed E-state index contributed by atoms with van der Waals surface area (Å²) in [6, 6.07) is 10.6. The molecule has 0 saturated carbocycles. The highest BCUT2D eigenvalue weighted by atomic mass is 16.5. The minimum absolute atomic E-state index is 0.470. The molecule has 3 heteroatoms. The molecule has 1 aliphatic rings. The van der Waals surface area contributed by atoms with Crippen LogP contribution < -0.4 is 0 Å². The van der Waals surface area contributed by atoms with Crippen molar-refractivity contribution in [1.29, 1.82) is 5.26 Å². The Balaban J connectivity index is 2.29. The second-order valence-corrected chi connectivity index (χ2v) is 5.66. The van der Waals surface area contributed by atoms with Gasteiger partial charge in [-0.25, -0.2) is 0 Å². The summed E-state index contributed by atoms with van der Waals surface area (Å²) in [6.45, 7) is 2.24. The SMILES string of the molecule is COCCC(C)(O)C1(C#N)CCc2ccccc2C1. The number of aliphatic hydroxyl groups is 1. The Labute approximate surface area is 114 Å². The smallest absolute Gasteiger partial charge is 0.0901 e. The molecule has 0 bridgehead atoms. The minimum Gasteiger partial charge on any atom is -0.388 e. The van der Waals surface area contributed by atoms with Gasteiger partial charge in [-0.1, -0.05) is 24.3 Å². The number of fused-ring (bicyclic) bond motifs is 1. The lowest BCUT2D eigenvalue weighted by atomic mass is 9.62. The van der Waals surface area contributed by atoms with E-state index in [1.165, 1.54) is 11.1 Å². The number of methoxy groups -OCH3 is 1. The van der Waals surface area contributed by atoms with Gasteiger partial charge in [-0.3, -0.25) is 0 Å². The Kier molecular flexibility index (Phi) is 3.93. The Morgan fingerprint density at radius 3 is 2.74 bits per heavy atom. The molecule has 0 heterocycles. The van der Waals surface area contributed by atoms with Gasteiger partial charge >= 0.3 is 0 Å². The molecule has 19 heavy (non-hydrogen) atoms. The average molecular weight is 259 g/mol. The number of hydrogen-bond acceptors (Lipinski definition) is 3. The largest absolute Gasteiger partial charge is 0.388 e. The Hall–Kier alpha value is -1.37. The Morgan fingerprint density at radius 1 is 1.42 bits per heavy atom. The van der Waals surface area contributed by atoms with Crippen LogP contribution in [0.25, 0.3) is 0 Å². The molecular formula is C16H21NO2. The summed E-state index contributed by atoms with van der Waals surface area (Å²) >= 11 is 0. The first kappa shape index (κ1) is 14.0. The summed E-state index contributed by atoms with van der Waals surface area (Å²) in [7, 11) is 1.62. The normalized spacial score (nSPS) is 25.2. The van der Waals surface area contributed by atoms with Gasteiger partial charge in [0.25, 0.3) is 0 Å². The maximum absolute atomic E-state index is 10.7. The molecule has 2 rings (SSSR count). The van der Waals surface area contributed by atoms with Crippen molar-refractivity contribution in [3.05, 3.63) is 35.4 Å². The molecule has 0 aromatic heterocycles. The molecule has 0 amide bonds. The van der Waals surface area contributed by atoms with E-state index in [4.69, 9.17) is 4.74 Å². The molecule has 2 unspecified atom stereocenters. The van der Waals surface area contributed by atoms with Gasteiger partial charge in [-0.15, -0.1) is 0 Å². The molecule has 1 aromatic rings. The van der Waals surface area contributed by atoms with Gasteiger partial charge in [0.1, 0.15) is 0 Å². The zero-order chi connectivity index (χ0) is 13.9. The standard InChI is InChI=1S/C16H21NO2/c1-15(18,9-10-19-2)16(12-17)8-7-13-5-3-4-6-14(13)11-16/h3-6,18H,7-11H2,1-2H3. The maximum atomic E-state index is 10.7. The third kappa shape index (κ3) is 2.51. The van der Waals surface area contributed by atoms with Crippen molar-refractivity contribution in [2.24, 2.45) is 5.41 Å². The van der Waals surface area contributed by atoms with E-state index < -0.39 is 11.0 Å². The topological polar surface area (TPSA) is 53.2 Å². The number of aryl methyl sites for hydroxylation is 1. The lowest BCUT2D eigenvalue weighted by molar-refractivity contribution is -0.0655. The highest BCUT2D eigenvalue weighted by Crippen LogP contribution is 2.44. The van der Waals surface area contributed by atoms with Crippen molar-refractivity contribution in [2.75, 3.05) is 13.7 Å². The zero-order valence-electron chi connectivity index (χ0n) is 11.6. The van der Waals surface area contributed by atoms with Crippen LogP contribution in [0.5, 0.6) is 0 Å². The molecule has 1 N–H and O–H groups in total. The van der Waals surface area contributed by atoms with E-state index in [9.17, 15) is 10.4 Å². The summed E-state index contributed by atoms with van der Waals surface area (Å²) in [5.41, 5.74) is 0.759. The summed E-state index contributed by atoms with van der Waals surface area (Å²) in [5, 5.41) is 20.4. The van der Waals surface area contributed by atoms with Crippen molar-refractivity contribution < 1.29 is 9.84 Å². The molecule has 3 nitrogen and oxygen atoms in total. The first-order valence-electron chi connectivity index (χ1n) is 6.74. The second kappa shape index (κ2) is 5.32. The zero-order valence-corrected chi connectivity index (χ0v) is 11.6. The van der Waals surface area contributed by atoms with Crippen LogP contribution in [0.15, 0.2) is 24.3 Å². The quantitative estimate of drug-likeness (QED) is 0.903. The molecule has 0 fully saturated rings. The fourth-order valence-corrected chi connectivity index (χ4v) is 2.95. The molecule has 102 valence electrons. The van der Waals surface area contributed by atoms with Crippen molar-refractivity contribution in [3.8, 4) is 6.07 Å². The first-order valence-corrected chi connectivity index (χ1v) is 6.74. The van der Waals surface area contributed by atoms with Crippen molar-refractivity contribution in [2.45, 2.75) is 38.2 Å². The van der Waals surface area contributed by atoms with Crippen LogP contribution in [0.3, 0.4) is 0 Å². The van der Waals surface area contributed by atoms with Gasteiger partial charge in [-0.05, 0) is 37.3 Å². The number of benzene rings is 1. The number of nitriles is 1. The van der Waals surface area contributed by atoms with Crippen LogP contribution in [0.1, 0.15) is 30.9 Å². The molecule has 0 radical (unpaired) electrons. The summed E-state index contributed by atoms with van der Waals surface area (Å²) in [4.78, 5) is 0. The number of nitrogens with zero attached hydrogens (tertiary/aromatic N) is 1. The van der Waals surface area contributed by atoms with Crippen LogP contribution in [0, 0.1) is 16.7 Å². The Bertz CT molecular complexity index is 490. The van der Waals surface area contributed by atoms with E-state index in [0.29, 0.717) is 25.9 Å². The molecular weight excluding hydrogens is 238 g/mol. The molecule has 0 spiro atoms. The number of hydrogen-bond donors (Lipinski definition) is 1. The molecule has 0 aliphatic heterocycles. The van der Waals surface area contributed by atoms with Gasteiger partial charge in [0.2, 0.25) is 0 Å². The highest BCUT2D eigenvalue weighted by Gasteiger charge is 2.48. The van der Waals surface area contributed by atoms with Crippen LogP contribution in [-0.4, -0.2) is 24.4 Å². The monoisotopic (exact) mass is 259 g/mol. The van der Waals surface area contributed by atoms with Gasteiger partial charge in [-0.2, -0.15) is 5.26 Å². The predicted octanol–water partition coefficient (Wildman–Crippen LogP) is 2.47. The first-order chi connectivity index (χ1) is 9.04. The van der Waals surface area contributed by atoms with Gasteiger partial charge < -0.3 is 9.84 Å².